The average Bonchev–Trinajstić information content (AvgIpc) is 2.08. The maximum Gasteiger partial charge on any atom is 0.206 e. The lowest BCUT2D eigenvalue weighted by Gasteiger charge is -2.25. The van der Waals surface area contributed by atoms with Gasteiger partial charge in [-0.05, 0) is 40.5 Å². The number of rotatable bonds is 0. The predicted octanol–water partition coefficient (Wildman–Crippen LogP) is 1.36. The van der Waals surface area contributed by atoms with E-state index in [1.165, 1.54) is 0 Å². The fourth-order valence-electron chi connectivity index (χ4n) is 1.46. The molecule has 0 spiro atoms. The van der Waals surface area contributed by atoms with Crippen molar-refractivity contribution in [2.24, 2.45) is 10.8 Å². The van der Waals surface area contributed by atoms with E-state index in [-0.39, 0.29) is 35.1 Å². The van der Waals surface area contributed by atoms with E-state index in [1.807, 2.05) is 0 Å². The molecule has 4 N–H and O–H groups in total. The number of nitrogens with one attached hydrogen (secondary N) is 2. The lowest BCUT2D eigenvalue weighted by Crippen LogP contribution is -2.50. The lowest BCUT2D eigenvalue weighted by atomic mass is 9.91. The van der Waals surface area contributed by atoms with Gasteiger partial charge in [0.05, 0.1) is 5.54 Å². The maximum atomic E-state index is 5.37. The second-order valence-electron chi connectivity index (χ2n) is 4.93. The highest BCUT2D eigenvalue weighted by Crippen LogP contribution is 2.24. The van der Waals surface area contributed by atoms with Crippen LogP contribution in [-0.2, 0) is 0 Å². The number of nitrogens with zero attached hydrogens (tertiary/aromatic N) is 1. The second-order valence-corrected chi connectivity index (χ2v) is 4.93. The topological polar surface area (TPSA) is 62.4 Å². The van der Waals surface area contributed by atoms with E-state index in [2.05, 4.69) is 43.4 Å². The Bertz CT molecular complexity index is 223. The van der Waals surface area contributed by atoms with Crippen LogP contribution in [0.1, 0.15) is 40.5 Å². The van der Waals surface area contributed by atoms with Gasteiger partial charge in [-0.2, -0.15) is 0 Å². The van der Waals surface area contributed by atoms with Gasteiger partial charge < -0.3 is 5.32 Å². The van der Waals surface area contributed by atoms with Crippen molar-refractivity contribution in [2.45, 2.75) is 51.6 Å². The molecule has 1 aliphatic heterocycles. The minimum absolute atomic E-state index is 0. The number of halogens is 1. The summed E-state index contributed by atoms with van der Waals surface area (Å²) >= 11 is 0. The summed E-state index contributed by atoms with van der Waals surface area (Å²) in [7, 11) is 0. The van der Waals surface area contributed by atoms with Crippen LogP contribution in [0.3, 0.4) is 0 Å². The van der Waals surface area contributed by atoms with Crippen molar-refractivity contribution in [3.63, 3.8) is 0 Å². The van der Waals surface area contributed by atoms with Crippen LogP contribution < -0.4 is 16.6 Å². The van der Waals surface area contributed by atoms with Crippen molar-refractivity contribution < 1.29 is 0 Å². The van der Waals surface area contributed by atoms with Crippen LogP contribution in [0.4, 0.5) is 0 Å². The summed E-state index contributed by atoms with van der Waals surface area (Å²) in [6.45, 7) is 8.54. The van der Waals surface area contributed by atoms with E-state index >= 15 is 0 Å². The number of hydrogen-bond acceptors (Lipinski definition) is 4. The highest BCUT2D eigenvalue weighted by molar-refractivity contribution is 14.0. The quantitative estimate of drug-likeness (QED) is 0.360. The van der Waals surface area contributed by atoms with E-state index in [0.717, 1.165) is 12.8 Å². The van der Waals surface area contributed by atoms with Crippen molar-refractivity contribution in [1.29, 1.82) is 0 Å². The maximum absolute atomic E-state index is 5.37. The first-order valence-electron chi connectivity index (χ1n) is 4.69. The van der Waals surface area contributed by atoms with Crippen molar-refractivity contribution in [3.8, 4) is 0 Å². The molecule has 4 nitrogen and oxygen atoms in total. The number of nitrogens with two attached hydrogens (primary N) is 1. The van der Waals surface area contributed by atoms with Gasteiger partial charge >= 0.3 is 0 Å². The molecule has 0 aromatic carbocycles. The Morgan fingerprint density at radius 1 is 1.29 bits per heavy atom. The van der Waals surface area contributed by atoms with Gasteiger partial charge in [-0.25, -0.2) is 10.8 Å². The zero-order chi connectivity index (χ0) is 10.1. The molecule has 0 bridgehead atoms. The Hall–Kier alpha value is -0.0400. The van der Waals surface area contributed by atoms with Crippen molar-refractivity contribution >= 4 is 29.9 Å². The molecule has 84 valence electrons. The van der Waals surface area contributed by atoms with Gasteiger partial charge in [0, 0.05) is 5.54 Å². The third kappa shape index (κ3) is 4.00. The number of hydrogen-bond donors (Lipinski definition) is 3. The van der Waals surface area contributed by atoms with Crippen molar-refractivity contribution in [3.05, 3.63) is 0 Å². The highest BCUT2D eigenvalue weighted by Gasteiger charge is 2.28. The summed E-state index contributed by atoms with van der Waals surface area (Å²) in [4.78, 5) is 4.49. The Balaban J connectivity index is 0.00000169. The molecule has 0 saturated carbocycles. The average molecular weight is 312 g/mol. The van der Waals surface area contributed by atoms with Gasteiger partial charge in [-0.3, -0.25) is 5.43 Å². The van der Waals surface area contributed by atoms with E-state index in [0.29, 0.717) is 5.96 Å². The molecule has 0 fully saturated rings. The smallest absolute Gasteiger partial charge is 0.206 e. The van der Waals surface area contributed by atoms with Crippen molar-refractivity contribution in [2.75, 3.05) is 0 Å². The molecule has 1 aliphatic rings. The summed E-state index contributed by atoms with van der Waals surface area (Å²) < 4.78 is 0. The first kappa shape index (κ1) is 14.0. The standard InChI is InChI=1S/C9H20N4.HI/c1-8(2)5-6-9(3,4)12-7(11-8)13-10;/h5-6,10H2,1-4H3,(H2,11,12,13);1H. The van der Waals surface area contributed by atoms with E-state index < -0.39 is 0 Å². The first-order valence-corrected chi connectivity index (χ1v) is 4.69. The van der Waals surface area contributed by atoms with Gasteiger partial charge in [0.15, 0.2) is 0 Å². The molecule has 0 unspecified atom stereocenters. The number of guanidine groups is 1. The van der Waals surface area contributed by atoms with E-state index in [4.69, 9.17) is 5.84 Å². The molecule has 0 saturated heterocycles. The SMILES string of the molecule is CC1(C)CCC(C)(C)NC(NN)=N1.I. The molecule has 14 heavy (non-hydrogen) atoms. The molecular formula is C9H21IN4. The number of aliphatic imine (C=N–C) groups is 1. The van der Waals surface area contributed by atoms with E-state index in [1.54, 1.807) is 0 Å². The van der Waals surface area contributed by atoms with Gasteiger partial charge in [0.25, 0.3) is 0 Å². The van der Waals surface area contributed by atoms with Crippen molar-refractivity contribution in [1.82, 2.24) is 10.7 Å². The summed E-state index contributed by atoms with van der Waals surface area (Å²) in [6.07, 6.45) is 2.16. The lowest BCUT2D eigenvalue weighted by molar-refractivity contribution is 0.373. The van der Waals surface area contributed by atoms with Crippen LogP contribution in [-0.4, -0.2) is 17.0 Å². The molecule has 0 atom stereocenters. The molecule has 0 aromatic rings. The third-order valence-corrected chi connectivity index (χ3v) is 2.37. The first-order chi connectivity index (χ1) is 5.85. The molecule has 0 radical (unpaired) electrons. The highest BCUT2D eigenvalue weighted by atomic mass is 127. The van der Waals surface area contributed by atoms with Crippen LogP contribution in [0, 0.1) is 0 Å². The Kier molecular flexibility index (Phi) is 4.64. The van der Waals surface area contributed by atoms with Crippen LogP contribution in [0.15, 0.2) is 4.99 Å². The predicted molar refractivity (Wildman–Crippen MR) is 70.7 cm³/mol. The normalized spacial score (nSPS) is 23.6. The molecule has 0 aromatic heterocycles. The van der Waals surface area contributed by atoms with Gasteiger partial charge in [0.2, 0.25) is 5.96 Å². The minimum atomic E-state index is -0.0253. The Labute approximate surface area is 103 Å². The van der Waals surface area contributed by atoms with Gasteiger partial charge in [-0.1, -0.05) is 0 Å². The zero-order valence-electron chi connectivity index (χ0n) is 9.35. The minimum Gasteiger partial charge on any atom is -0.350 e. The molecular weight excluding hydrogens is 291 g/mol. The zero-order valence-corrected chi connectivity index (χ0v) is 11.7. The molecule has 1 heterocycles. The largest absolute Gasteiger partial charge is 0.350 e. The molecule has 0 aliphatic carbocycles. The monoisotopic (exact) mass is 312 g/mol. The van der Waals surface area contributed by atoms with Gasteiger partial charge in [0.1, 0.15) is 0 Å². The summed E-state index contributed by atoms with van der Waals surface area (Å²) in [5.74, 6) is 6.06. The van der Waals surface area contributed by atoms with E-state index in [9.17, 15) is 0 Å². The fraction of sp³-hybridized carbons (Fsp3) is 0.889. The molecule has 1 rings (SSSR count). The van der Waals surface area contributed by atoms with Crippen LogP contribution >= 0.6 is 24.0 Å². The Morgan fingerprint density at radius 3 is 2.36 bits per heavy atom. The summed E-state index contributed by atoms with van der Waals surface area (Å²) in [6, 6.07) is 0. The van der Waals surface area contributed by atoms with Crippen LogP contribution in [0.2, 0.25) is 0 Å². The van der Waals surface area contributed by atoms with Crippen LogP contribution in [0.5, 0.6) is 0 Å². The third-order valence-electron chi connectivity index (χ3n) is 2.37. The van der Waals surface area contributed by atoms with Crippen LogP contribution in [0.25, 0.3) is 0 Å². The fourth-order valence-corrected chi connectivity index (χ4v) is 1.46. The Morgan fingerprint density at radius 2 is 1.86 bits per heavy atom. The second kappa shape index (κ2) is 4.65. The van der Waals surface area contributed by atoms with Gasteiger partial charge in [-0.15, -0.1) is 24.0 Å². The molecule has 0 amide bonds. The summed E-state index contributed by atoms with van der Waals surface area (Å²) in [5.41, 5.74) is 2.64. The molecule has 5 heteroatoms. The summed E-state index contributed by atoms with van der Waals surface area (Å²) in [5, 5.41) is 3.27. The number of hydrazine groups is 1.